The van der Waals surface area contributed by atoms with E-state index in [1.807, 2.05) is 27.7 Å². The third kappa shape index (κ3) is 6.42. The number of carbonyl (C=O) groups excluding carboxylic acids is 2. The van der Waals surface area contributed by atoms with Crippen LogP contribution in [0.25, 0.3) is 0 Å². The maximum atomic E-state index is 13.0. The Balaban J connectivity index is 1.55. The average molecular weight is 529 g/mol. The van der Waals surface area contributed by atoms with Gasteiger partial charge in [0.2, 0.25) is 10.0 Å². The molecule has 2 aliphatic rings. The summed E-state index contributed by atoms with van der Waals surface area (Å²) >= 11 is 0. The van der Waals surface area contributed by atoms with Crippen molar-refractivity contribution < 1.29 is 31.2 Å². The predicted molar refractivity (Wildman–Crippen MR) is 132 cm³/mol. The molecule has 2 aliphatic heterocycles. The first-order valence-corrected chi connectivity index (χ1v) is 15.4. The average Bonchev–Trinajstić information content (AvgIpc) is 3.18. The van der Waals surface area contributed by atoms with Gasteiger partial charge in [-0.05, 0) is 69.7 Å². The van der Waals surface area contributed by atoms with Gasteiger partial charge in [-0.25, -0.2) is 16.8 Å². The van der Waals surface area contributed by atoms with E-state index in [2.05, 4.69) is 0 Å². The van der Waals surface area contributed by atoms with Crippen LogP contribution in [0.3, 0.4) is 0 Å². The summed E-state index contributed by atoms with van der Waals surface area (Å²) in [7, 11) is -6.81. The number of hydrogen-bond donors (Lipinski definition) is 0. The van der Waals surface area contributed by atoms with E-state index in [9.17, 15) is 26.4 Å². The van der Waals surface area contributed by atoms with E-state index >= 15 is 0 Å². The molecule has 2 atom stereocenters. The Labute approximate surface area is 208 Å². The van der Waals surface area contributed by atoms with Crippen molar-refractivity contribution in [3.05, 3.63) is 29.3 Å². The van der Waals surface area contributed by atoms with Crippen LogP contribution in [-0.4, -0.2) is 81.2 Å². The van der Waals surface area contributed by atoms with Gasteiger partial charge < -0.3 is 9.64 Å². The third-order valence-electron chi connectivity index (χ3n) is 7.20. The predicted octanol–water partition coefficient (Wildman–Crippen LogP) is 2.06. The molecule has 196 valence electrons. The molecule has 0 bridgehead atoms. The SMILES string of the molecule is CC[C@H](C)N(C(=O)COC(=O)C1CCN(S(=O)(=O)c2ccc(C)c(C)c2)CC1)[C@H]1CCS(=O)(=O)C1. The van der Waals surface area contributed by atoms with Gasteiger partial charge in [0.15, 0.2) is 16.4 Å². The highest BCUT2D eigenvalue weighted by Gasteiger charge is 2.38. The molecule has 0 saturated carbocycles. The summed E-state index contributed by atoms with van der Waals surface area (Å²) in [6, 6.07) is 4.48. The van der Waals surface area contributed by atoms with E-state index < -0.39 is 50.3 Å². The first-order valence-electron chi connectivity index (χ1n) is 12.1. The molecule has 9 nitrogen and oxygen atoms in total. The van der Waals surface area contributed by atoms with Crippen molar-refractivity contribution in [2.75, 3.05) is 31.2 Å². The highest BCUT2D eigenvalue weighted by molar-refractivity contribution is 7.91. The number of sulfone groups is 1. The van der Waals surface area contributed by atoms with Gasteiger partial charge in [0.05, 0.1) is 22.3 Å². The Morgan fingerprint density at radius 3 is 2.34 bits per heavy atom. The Hall–Kier alpha value is -1.98. The molecule has 0 aromatic heterocycles. The van der Waals surface area contributed by atoms with Crippen LogP contribution in [0.5, 0.6) is 0 Å². The van der Waals surface area contributed by atoms with Crippen LogP contribution in [0.2, 0.25) is 0 Å². The van der Waals surface area contributed by atoms with Gasteiger partial charge in [0.1, 0.15) is 0 Å². The van der Waals surface area contributed by atoms with Gasteiger partial charge in [-0.2, -0.15) is 4.31 Å². The molecule has 0 unspecified atom stereocenters. The molecule has 3 rings (SSSR count). The maximum Gasteiger partial charge on any atom is 0.309 e. The smallest absolute Gasteiger partial charge is 0.309 e. The number of esters is 1. The summed E-state index contributed by atoms with van der Waals surface area (Å²) in [6.07, 6.45) is 1.67. The van der Waals surface area contributed by atoms with E-state index in [4.69, 9.17) is 4.74 Å². The van der Waals surface area contributed by atoms with Gasteiger partial charge in [0.25, 0.3) is 5.91 Å². The number of rotatable bonds is 8. The summed E-state index contributed by atoms with van der Waals surface area (Å²) in [5.74, 6) is -1.42. The lowest BCUT2D eigenvalue weighted by Gasteiger charge is -2.34. The van der Waals surface area contributed by atoms with Gasteiger partial charge in [-0.1, -0.05) is 13.0 Å². The molecule has 0 N–H and O–H groups in total. The van der Waals surface area contributed by atoms with E-state index in [0.29, 0.717) is 25.7 Å². The van der Waals surface area contributed by atoms with Crippen LogP contribution >= 0.6 is 0 Å². The van der Waals surface area contributed by atoms with E-state index in [1.54, 1.807) is 23.1 Å². The van der Waals surface area contributed by atoms with Crippen LogP contribution in [0.4, 0.5) is 0 Å². The molecule has 2 saturated heterocycles. The second-order valence-electron chi connectivity index (χ2n) is 9.65. The van der Waals surface area contributed by atoms with Crippen LogP contribution < -0.4 is 0 Å². The van der Waals surface area contributed by atoms with E-state index in [0.717, 1.165) is 11.1 Å². The topological polar surface area (TPSA) is 118 Å². The van der Waals surface area contributed by atoms with Crippen molar-refractivity contribution in [3.8, 4) is 0 Å². The lowest BCUT2D eigenvalue weighted by Crippen LogP contribution is -2.48. The second kappa shape index (κ2) is 11.0. The molecule has 0 aliphatic carbocycles. The van der Waals surface area contributed by atoms with E-state index in [1.165, 1.54) is 4.31 Å². The second-order valence-corrected chi connectivity index (χ2v) is 13.8. The summed E-state index contributed by atoms with van der Waals surface area (Å²) in [4.78, 5) is 27.3. The van der Waals surface area contributed by atoms with Crippen LogP contribution in [0, 0.1) is 19.8 Å². The fourth-order valence-corrected chi connectivity index (χ4v) is 7.95. The maximum absolute atomic E-state index is 13.0. The fourth-order valence-electron chi connectivity index (χ4n) is 4.68. The Kier molecular flexibility index (Phi) is 8.64. The lowest BCUT2D eigenvalue weighted by atomic mass is 9.98. The number of nitrogens with zero attached hydrogens (tertiary/aromatic N) is 2. The van der Waals surface area contributed by atoms with Crippen molar-refractivity contribution in [1.82, 2.24) is 9.21 Å². The summed E-state index contributed by atoms with van der Waals surface area (Å²) in [5, 5.41) is 0. The molecule has 11 heteroatoms. The molecule has 0 spiro atoms. The number of amides is 1. The molecule has 2 fully saturated rings. The number of aryl methyl sites for hydroxylation is 2. The minimum absolute atomic E-state index is 0.0569. The minimum atomic E-state index is -3.65. The lowest BCUT2D eigenvalue weighted by molar-refractivity contribution is -0.158. The monoisotopic (exact) mass is 528 g/mol. The highest BCUT2D eigenvalue weighted by Crippen LogP contribution is 2.26. The van der Waals surface area contributed by atoms with Gasteiger partial charge in [-0.15, -0.1) is 0 Å². The Morgan fingerprint density at radius 1 is 1.14 bits per heavy atom. The van der Waals surface area contributed by atoms with Crippen molar-refractivity contribution in [1.29, 1.82) is 0 Å². The molecular formula is C24H36N2O7S2. The molecule has 1 aromatic carbocycles. The minimum Gasteiger partial charge on any atom is -0.455 e. The molecule has 1 aromatic rings. The molecule has 35 heavy (non-hydrogen) atoms. The van der Waals surface area contributed by atoms with Crippen molar-refractivity contribution >= 4 is 31.7 Å². The summed E-state index contributed by atoms with van der Waals surface area (Å²) < 4.78 is 56.5. The van der Waals surface area contributed by atoms with Crippen molar-refractivity contribution in [3.63, 3.8) is 0 Å². The number of carbonyl (C=O) groups is 2. The number of hydrogen-bond acceptors (Lipinski definition) is 7. The summed E-state index contributed by atoms with van der Waals surface area (Å²) in [6.45, 7) is 7.51. The fraction of sp³-hybridized carbons (Fsp3) is 0.667. The van der Waals surface area contributed by atoms with Crippen LogP contribution in [-0.2, 0) is 34.2 Å². The largest absolute Gasteiger partial charge is 0.455 e. The van der Waals surface area contributed by atoms with Crippen molar-refractivity contribution in [2.24, 2.45) is 5.92 Å². The quantitative estimate of drug-likeness (QED) is 0.474. The zero-order valence-electron chi connectivity index (χ0n) is 20.9. The molecule has 1 amide bonds. The number of ether oxygens (including phenoxy) is 1. The third-order valence-corrected chi connectivity index (χ3v) is 10.8. The number of benzene rings is 1. The van der Waals surface area contributed by atoms with Crippen LogP contribution in [0.1, 0.15) is 50.7 Å². The summed E-state index contributed by atoms with van der Waals surface area (Å²) in [5.41, 5.74) is 1.91. The van der Waals surface area contributed by atoms with Crippen molar-refractivity contribution in [2.45, 2.75) is 70.4 Å². The number of sulfonamides is 1. The van der Waals surface area contributed by atoms with Gasteiger partial charge in [0, 0.05) is 25.2 Å². The molecular weight excluding hydrogens is 492 g/mol. The zero-order valence-corrected chi connectivity index (χ0v) is 22.5. The van der Waals surface area contributed by atoms with Gasteiger partial charge >= 0.3 is 5.97 Å². The standard InChI is InChI=1S/C24H36N2O7S2/c1-5-19(4)26(21-10-13-34(29,30)16-21)23(27)15-33-24(28)20-8-11-25(12-9-20)35(31,32)22-7-6-17(2)18(3)14-22/h6-7,14,19-21H,5,8-13,15-16H2,1-4H3/t19-,21-/m0/s1. The van der Waals surface area contributed by atoms with Crippen LogP contribution in [0.15, 0.2) is 23.1 Å². The van der Waals surface area contributed by atoms with Gasteiger partial charge in [-0.3, -0.25) is 9.59 Å². The normalized spacial score (nSPS) is 22.0. The molecule has 0 radical (unpaired) electrons. The first kappa shape index (κ1) is 27.6. The number of piperidine rings is 1. The van der Waals surface area contributed by atoms with E-state index in [-0.39, 0.29) is 35.5 Å². The molecule has 2 heterocycles. The Bertz CT molecular complexity index is 1160. The first-order chi connectivity index (χ1) is 16.4. The Morgan fingerprint density at radius 2 is 1.80 bits per heavy atom. The highest BCUT2D eigenvalue weighted by atomic mass is 32.2. The zero-order chi connectivity index (χ0) is 26.0.